The number of alkyl halides is 1. The van der Waals surface area contributed by atoms with Crippen molar-refractivity contribution in [3.8, 4) is 11.5 Å². The Hall–Kier alpha value is -2.01. The lowest BCUT2D eigenvalue weighted by molar-refractivity contribution is 0.319. The number of phenols is 1. The lowest BCUT2D eigenvalue weighted by atomic mass is 10.1. The standard InChI is InChI=1S/C16H13BrO4/c17-6-1-7-20-11-3-5-13-15(9-11)21-14-8-10(18)2-4-12(14)16(13)19/h2-5,8-9,18H,1,6-7H2. The molecule has 0 radical (unpaired) electrons. The SMILES string of the molecule is O=c1c2ccc(O)cc2oc2cc(OCCCBr)ccc12. The van der Waals surface area contributed by atoms with E-state index in [2.05, 4.69) is 15.9 Å². The minimum Gasteiger partial charge on any atom is -0.508 e. The van der Waals surface area contributed by atoms with Crippen molar-refractivity contribution in [2.75, 3.05) is 11.9 Å². The van der Waals surface area contributed by atoms with Crippen molar-refractivity contribution in [1.82, 2.24) is 0 Å². The molecule has 0 aliphatic carbocycles. The molecule has 0 spiro atoms. The lowest BCUT2D eigenvalue weighted by Gasteiger charge is -2.06. The van der Waals surface area contributed by atoms with Gasteiger partial charge in [0.15, 0.2) is 0 Å². The number of benzene rings is 2. The Morgan fingerprint density at radius 3 is 2.57 bits per heavy atom. The molecule has 0 bridgehead atoms. The van der Waals surface area contributed by atoms with Crippen LogP contribution in [-0.4, -0.2) is 17.0 Å². The topological polar surface area (TPSA) is 59.7 Å². The van der Waals surface area contributed by atoms with Gasteiger partial charge in [0.25, 0.3) is 0 Å². The largest absolute Gasteiger partial charge is 0.508 e. The Bertz CT molecular complexity index is 854. The van der Waals surface area contributed by atoms with Crippen LogP contribution in [0.15, 0.2) is 45.6 Å². The number of ether oxygens (including phenoxy) is 1. The number of hydrogen-bond donors (Lipinski definition) is 1. The lowest BCUT2D eigenvalue weighted by Crippen LogP contribution is -2.03. The molecule has 21 heavy (non-hydrogen) atoms. The smallest absolute Gasteiger partial charge is 0.200 e. The molecule has 1 N–H and O–H groups in total. The van der Waals surface area contributed by atoms with E-state index in [1.165, 1.54) is 12.1 Å². The van der Waals surface area contributed by atoms with Crippen LogP contribution in [0.2, 0.25) is 0 Å². The molecule has 108 valence electrons. The zero-order chi connectivity index (χ0) is 14.8. The Morgan fingerprint density at radius 2 is 1.81 bits per heavy atom. The van der Waals surface area contributed by atoms with Crippen molar-refractivity contribution in [2.45, 2.75) is 6.42 Å². The average Bonchev–Trinajstić information content (AvgIpc) is 2.47. The van der Waals surface area contributed by atoms with Crippen LogP contribution in [0.4, 0.5) is 0 Å². The Kier molecular flexibility index (Phi) is 3.84. The molecule has 0 amide bonds. The number of hydrogen-bond acceptors (Lipinski definition) is 4. The molecule has 0 saturated heterocycles. The second kappa shape index (κ2) is 5.77. The molecule has 0 fully saturated rings. The van der Waals surface area contributed by atoms with Crippen LogP contribution in [0.25, 0.3) is 21.9 Å². The van der Waals surface area contributed by atoms with Gasteiger partial charge >= 0.3 is 0 Å². The quantitative estimate of drug-likeness (QED) is 0.442. The van der Waals surface area contributed by atoms with Crippen LogP contribution in [0.5, 0.6) is 11.5 Å². The van der Waals surface area contributed by atoms with Gasteiger partial charge in [-0.2, -0.15) is 0 Å². The van der Waals surface area contributed by atoms with Crippen LogP contribution in [0.3, 0.4) is 0 Å². The van der Waals surface area contributed by atoms with Crippen molar-refractivity contribution in [1.29, 1.82) is 0 Å². The minimum absolute atomic E-state index is 0.0646. The van der Waals surface area contributed by atoms with Gasteiger partial charge in [0.1, 0.15) is 22.7 Å². The van der Waals surface area contributed by atoms with Crippen LogP contribution in [0, 0.1) is 0 Å². The summed E-state index contributed by atoms with van der Waals surface area (Å²) in [5.41, 5.74) is 0.706. The zero-order valence-corrected chi connectivity index (χ0v) is 12.7. The third-order valence-electron chi connectivity index (χ3n) is 3.17. The third-order valence-corrected chi connectivity index (χ3v) is 3.73. The highest BCUT2D eigenvalue weighted by Crippen LogP contribution is 2.25. The van der Waals surface area contributed by atoms with E-state index in [4.69, 9.17) is 9.15 Å². The average molecular weight is 349 g/mol. The Morgan fingerprint density at radius 1 is 1.10 bits per heavy atom. The van der Waals surface area contributed by atoms with Gasteiger partial charge in [-0.25, -0.2) is 0 Å². The van der Waals surface area contributed by atoms with Gasteiger partial charge in [-0.1, -0.05) is 15.9 Å². The molecule has 1 aromatic heterocycles. The second-order valence-electron chi connectivity index (χ2n) is 4.66. The van der Waals surface area contributed by atoms with E-state index in [0.717, 1.165) is 11.8 Å². The fourth-order valence-corrected chi connectivity index (χ4v) is 2.38. The summed E-state index contributed by atoms with van der Waals surface area (Å²) in [6.45, 7) is 0.593. The molecule has 0 saturated carbocycles. The van der Waals surface area contributed by atoms with Crippen molar-refractivity contribution in [3.05, 3.63) is 46.6 Å². The summed E-state index contributed by atoms with van der Waals surface area (Å²) in [6, 6.07) is 9.65. The maximum absolute atomic E-state index is 12.4. The summed E-state index contributed by atoms with van der Waals surface area (Å²) in [5, 5.41) is 11.3. The zero-order valence-electron chi connectivity index (χ0n) is 11.1. The van der Waals surface area contributed by atoms with E-state index in [9.17, 15) is 9.90 Å². The number of phenolic OH excluding ortho intramolecular Hbond substituents is 1. The molecule has 5 heteroatoms. The number of fused-ring (bicyclic) bond motifs is 2. The fourth-order valence-electron chi connectivity index (χ4n) is 2.16. The van der Waals surface area contributed by atoms with Crippen LogP contribution < -0.4 is 10.2 Å². The van der Waals surface area contributed by atoms with Gasteiger partial charge in [0.05, 0.1) is 17.4 Å². The maximum atomic E-state index is 12.4. The van der Waals surface area contributed by atoms with Gasteiger partial charge < -0.3 is 14.3 Å². The van der Waals surface area contributed by atoms with E-state index in [1.54, 1.807) is 24.3 Å². The Balaban J connectivity index is 2.12. The van der Waals surface area contributed by atoms with Crippen LogP contribution in [0.1, 0.15) is 6.42 Å². The predicted octanol–water partition coefficient (Wildman–Crippen LogP) is 3.82. The van der Waals surface area contributed by atoms with Crippen molar-refractivity contribution < 1.29 is 14.3 Å². The fraction of sp³-hybridized carbons (Fsp3) is 0.188. The van der Waals surface area contributed by atoms with E-state index in [1.807, 2.05) is 0 Å². The molecule has 0 aliphatic heterocycles. The molecule has 3 rings (SSSR count). The van der Waals surface area contributed by atoms with Gasteiger partial charge in [-0.15, -0.1) is 0 Å². The predicted molar refractivity (Wildman–Crippen MR) is 85.6 cm³/mol. The summed E-state index contributed by atoms with van der Waals surface area (Å²) >= 11 is 3.34. The molecule has 0 aliphatic rings. The normalized spacial score (nSPS) is 11.1. The van der Waals surface area contributed by atoms with E-state index < -0.39 is 0 Å². The van der Waals surface area contributed by atoms with Gasteiger partial charge in [0.2, 0.25) is 5.43 Å². The third kappa shape index (κ3) is 2.74. The number of aromatic hydroxyl groups is 1. The second-order valence-corrected chi connectivity index (χ2v) is 5.45. The molecule has 4 nitrogen and oxygen atoms in total. The highest BCUT2D eigenvalue weighted by molar-refractivity contribution is 9.09. The molecule has 0 atom stereocenters. The highest BCUT2D eigenvalue weighted by Gasteiger charge is 2.09. The number of halogens is 1. The molecule has 0 unspecified atom stereocenters. The molecule has 3 aromatic rings. The minimum atomic E-state index is -0.113. The molecule has 2 aromatic carbocycles. The van der Waals surface area contributed by atoms with E-state index >= 15 is 0 Å². The van der Waals surface area contributed by atoms with Gasteiger partial charge in [-0.05, 0) is 30.7 Å². The van der Waals surface area contributed by atoms with Crippen molar-refractivity contribution in [3.63, 3.8) is 0 Å². The molecule has 1 heterocycles. The van der Waals surface area contributed by atoms with Crippen LogP contribution in [-0.2, 0) is 0 Å². The summed E-state index contributed by atoms with van der Waals surface area (Å²) < 4.78 is 11.3. The van der Waals surface area contributed by atoms with E-state index in [-0.39, 0.29) is 11.2 Å². The monoisotopic (exact) mass is 348 g/mol. The summed E-state index contributed by atoms with van der Waals surface area (Å²) in [6.07, 6.45) is 0.896. The highest BCUT2D eigenvalue weighted by atomic mass is 79.9. The summed E-state index contributed by atoms with van der Waals surface area (Å²) in [5.74, 6) is 0.723. The Labute approximate surface area is 129 Å². The first-order valence-corrected chi connectivity index (χ1v) is 7.69. The van der Waals surface area contributed by atoms with E-state index in [0.29, 0.717) is 34.3 Å². The summed E-state index contributed by atoms with van der Waals surface area (Å²) in [4.78, 5) is 12.4. The first-order chi connectivity index (χ1) is 10.2. The van der Waals surface area contributed by atoms with Gasteiger partial charge in [0, 0.05) is 17.5 Å². The molecular formula is C16H13BrO4. The van der Waals surface area contributed by atoms with Crippen molar-refractivity contribution in [2.24, 2.45) is 0 Å². The number of rotatable bonds is 4. The first kappa shape index (κ1) is 13.9. The van der Waals surface area contributed by atoms with Gasteiger partial charge in [-0.3, -0.25) is 4.79 Å². The first-order valence-electron chi connectivity index (χ1n) is 6.57. The van der Waals surface area contributed by atoms with Crippen LogP contribution >= 0.6 is 15.9 Å². The maximum Gasteiger partial charge on any atom is 0.200 e. The summed E-state index contributed by atoms with van der Waals surface area (Å²) in [7, 11) is 0. The van der Waals surface area contributed by atoms with Crippen molar-refractivity contribution >= 4 is 37.9 Å². The molecular weight excluding hydrogens is 336 g/mol.